The predicted molar refractivity (Wildman–Crippen MR) is 52.8 cm³/mol. The molecule has 0 aliphatic rings. The largest absolute Gasteiger partial charge is 0.243 e. The summed E-state index contributed by atoms with van der Waals surface area (Å²) in [4.78, 5) is 8.24. The molecule has 0 saturated carbocycles. The van der Waals surface area contributed by atoms with E-state index in [2.05, 4.69) is 21.4 Å². The van der Waals surface area contributed by atoms with Crippen molar-refractivity contribution in [1.29, 1.82) is 0 Å². The Labute approximate surface area is 76.5 Å². The molecule has 0 unspecified atom stereocenters. The molecule has 2 nitrogen and oxygen atoms in total. The van der Waals surface area contributed by atoms with Crippen molar-refractivity contribution in [2.45, 2.75) is 0 Å². The maximum Gasteiger partial charge on any atom is 0.116 e. The minimum absolute atomic E-state index is 1.10. The van der Waals surface area contributed by atoms with Gasteiger partial charge in [0.2, 0.25) is 0 Å². The molecular weight excluding hydrogens is 188 g/mol. The Morgan fingerprint density at radius 1 is 1.25 bits per heavy atom. The van der Waals surface area contributed by atoms with Crippen LogP contribution in [0.15, 0.2) is 24.0 Å². The molecule has 4 heteroatoms. The topological polar surface area (TPSA) is 25.8 Å². The summed E-state index contributed by atoms with van der Waals surface area (Å²) in [5.41, 5.74) is 1.10. The van der Waals surface area contributed by atoms with Gasteiger partial charge in [-0.05, 0) is 11.4 Å². The van der Waals surface area contributed by atoms with Gasteiger partial charge in [-0.15, -0.1) is 22.7 Å². The molecule has 0 fully saturated rings. The molecule has 0 atom stereocenters. The average molecular weight is 192 g/mol. The molecular formula is C8H4N2S2. The summed E-state index contributed by atoms with van der Waals surface area (Å²) in [6.45, 7) is 0. The van der Waals surface area contributed by atoms with Gasteiger partial charge in [0.25, 0.3) is 0 Å². The Morgan fingerprint density at radius 2 is 2.25 bits per heavy atom. The van der Waals surface area contributed by atoms with Crippen LogP contribution >= 0.6 is 22.7 Å². The first-order valence-corrected chi connectivity index (χ1v) is 5.20. The first-order valence-electron chi connectivity index (χ1n) is 3.51. The zero-order valence-electron chi connectivity index (χ0n) is 6.02. The van der Waals surface area contributed by atoms with Crippen LogP contribution in [0.25, 0.3) is 19.6 Å². The van der Waals surface area contributed by atoms with Crippen molar-refractivity contribution in [3.63, 3.8) is 0 Å². The van der Waals surface area contributed by atoms with E-state index in [9.17, 15) is 0 Å². The molecule has 58 valence electrons. The van der Waals surface area contributed by atoms with Crippen molar-refractivity contribution < 1.29 is 0 Å². The molecule has 0 aliphatic carbocycles. The van der Waals surface area contributed by atoms with E-state index in [0.717, 1.165) is 5.52 Å². The lowest BCUT2D eigenvalue weighted by atomic mass is 10.4. The van der Waals surface area contributed by atoms with E-state index < -0.39 is 0 Å². The second-order valence-electron chi connectivity index (χ2n) is 2.45. The summed E-state index contributed by atoms with van der Waals surface area (Å²) < 4.78 is 3.78. The van der Waals surface area contributed by atoms with Crippen molar-refractivity contribution >= 4 is 42.3 Å². The second-order valence-corrected chi connectivity index (χ2v) is 4.45. The maximum atomic E-state index is 4.25. The van der Waals surface area contributed by atoms with Crippen LogP contribution in [0.2, 0.25) is 0 Å². The van der Waals surface area contributed by atoms with Crippen LogP contribution in [-0.4, -0.2) is 9.97 Å². The normalized spacial score (nSPS) is 11.3. The smallest absolute Gasteiger partial charge is 0.116 e. The van der Waals surface area contributed by atoms with Crippen LogP contribution in [0.4, 0.5) is 0 Å². The van der Waals surface area contributed by atoms with Gasteiger partial charge in [0.05, 0.1) is 9.40 Å². The van der Waals surface area contributed by atoms with Gasteiger partial charge in [0.15, 0.2) is 0 Å². The monoisotopic (exact) mass is 192 g/mol. The molecule has 0 N–H and O–H groups in total. The van der Waals surface area contributed by atoms with Gasteiger partial charge in [0, 0.05) is 10.9 Å². The minimum Gasteiger partial charge on any atom is -0.243 e. The molecule has 3 aromatic rings. The lowest BCUT2D eigenvalue weighted by Crippen LogP contribution is -1.72. The summed E-state index contributed by atoms with van der Waals surface area (Å²) in [7, 11) is 0. The fraction of sp³-hybridized carbons (Fsp3) is 0. The first kappa shape index (κ1) is 6.51. The maximum absolute atomic E-state index is 4.25. The van der Waals surface area contributed by atoms with Crippen molar-refractivity contribution in [3.05, 3.63) is 24.0 Å². The summed E-state index contributed by atoms with van der Waals surface area (Å²) >= 11 is 3.50. The first-order chi connectivity index (χ1) is 5.95. The number of thiophene rings is 2. The third-order valence-electron chi connectivity index (χ3n) is 1.74. The number of nitrogens with zero attached hydrogens (tertiary/aromatic N) is 2. The third kappa shape index (κ3) is 0.735. The van der Waals surface area contributed by atoms with Gasteiger partial charge >= 0.3 is 0 Å². The Balaban J connectivity index is 2.68. The quantitative estimate of drug-likeness (QED) is 0.547. The lowest BCUT2D eigenvalue weighted by Gasteiger charge is -1.83. The third-order valence-corrected chi connectivity index (χ3v) is 3.87. The Morgan fingerprint density at radius 3 is 3.25 bits per heavy atom. The fourth-order valence-electron chi connectivity index (χ4n) is 1.23. The van der Waals surface area contributed by atoms with Crippen molar-refractivity contribution in [2.75, 3.05) is 0 Å². The highest BCUT2D eigenvalue weighted by Crippen LogP contribution is 2.35. The van der Waals surface area contributed by atoms with E-state index in [1.165, 1.54) is 14.1 Å². The van der Waals surface area contributed by atoms with Gasteiger partial charge in [-0.3, -0.25) is 0 Å². The highest BCUT2D eigenvalue weighted by molar-refractivity contribution is 7.31. The van der Waals surface area contributed by atoms with Crippen LogP contribution in [-0.2, 0) is 0 Å². The summed E-state index contributed by atoms with van der Waals surface area (Å²) in [6.07, 6.45) is 3.48. The van der Waals surface area contributed by atoms with E-state index >= 15 is 0 Å². The summed E-state index contributed by atoms with van der Waals surface area (Å²) in [5, 5.41) is 2.10. The molecule has 0 spiro atoms. The van der Waals surface area contributed by atoms with E-state index in [-0.39, 0.29) is 0 Å². The second kappa shape index (κ2) is 2.24. The van der Waals surface area contributed by atoms with Gasteiger partial charge in [-0.25, -0.2) is 9.97 Å². The Kier molecular flexibility index (Phi) is 1.22. The molecule has 0 amide bonds. The highest BCUT2D eigenvalue weighted by atomic mass is 32.1. The molecule has 0 radical (unpaired) electrons. The molecule has 3 rings (SSSR count). The van der Waals surface area contributed by atoms with Crippen LogP contribution in [0.3, 0.4) is 0 Å². The SMILES string of the molecule is c1ncc2sc3ccsc3c2n1. The Bertz CT molecular complexity index is 537. The van der Waals surface area contributed by atoms with Gasteiger partial charge in [-0.2, -0.15) is 0 Å². The van der Waals surface area contributed by atoms with Gasteiger partial charge < -0.3 is 0 Å². The Hall–Kier alpha value is -1.00. The summed E-state index contributed by atoms with van der Waals surface area (Å²) in [5.74, 6) is 0. The van der Waals surface area contributed by atoms with Crippen molar-refractivity contribution in [3.8, 4) is 0 Å². The number of hydrogen-bond acceptors (Lipinski definition) is 4. The minimum atomic E-state index is 1.10. The van der Waals surface area contributed by atoms with Crippen LogP contribution in [0, 0.1) is 0 Å². The number of rotatable bonds is 0. The number of hydrogen-bond donors (Lipinski definition) is 0. The predicted octanol–water partition coefficient (Wildman–Crippen LogP) is 2.91. The van der Waals surface area contributed by atoms with Gasteiger partial charge in [0.1, 0.15) is 11.8 Å². The van der Waals surface area contributed by atoms with E-state index in [1.807, 2.05) is 6.20 Å². The molecule has 3 aromatic heterocycles. The molecule has 0 aliphatic heterocycles. The average Bonchev–Trinajstić information content (AvgIpc) is 2.62. The molecule has 0 bridgehead atoms. The van der Waals surface area contributed by atoms with E-state index in [1.54, 1.807) is 29.0 Å². The fourth-order valence-corrected chi connectivity index (χ4v) is 3.38. The van der Waals surface area contributed by atoms with Crippen molar-refractivity contribution in [1.82, 2.24) is 9.97 Å². The number of aromatic nitrogens is 2. The van der Waals surface area contributed by atoms with Gasteiger partial charge in [-0.1, -0.05) is 0 Å². The molecule has 3 heterocycles. The van der Waals surface area contributed by atoms with Crippen LogP contribution < -0.4 is 0 Å². The molecule has 0 saturated heterocycles. The standard InChI is InChI=1S/C8H4N2S2/c1-2-11-8-5(1)12-6-3-9-4-10-7(6)8/h1-4H. The number of fused-ring (bicyclic) bond motifs is 3. The highest BCUT2D eigenvalue weighted by Gasteiger charge is 2.05. The molecule has 12 heavy (non-hydrogen) atoms. The van der Waals surface area contributed by atoms with Crippen LogP contribution in [0.5, 0.6) is 0 Å². The summed E-state index contributed by atoms with van der Waals surface area (Å²) in [6, 6.07) is 2.13. The zero-order chi connectivity index (χ0) is 7.97. The lowest BCUT2D eigenvalue weighted by molar-refractivity contribution is 1.23. The van der Waals surface area contributed by atoms with Crippen molar-refractivity contribution in [2.24, 2.45) is 0 Å². The molecule has 0 aromatic carbocycles. The van der Waals surface area contributed by atoms with Crippen LogP contribution in [0.1, 0.15) is 0 Å². The van der Waals surface area contributed by atoms with E-state index in [4.69, 9.17) is 0 Å². The zero-order valence-corrected chi connectivity index (χ0v) is 7.65. The van der Waals surface area contributed by atoms with E-state index in [0.29, 0.717) is 0 Å².